The van der Waals surface area contributed by atoms with Gasteiger partial charge in [-0.05, 0) is 0 Å². The largest absolute Gasteiger partial charge is 1.00 e. The van der Waals surface area contributed by atoms with Gasteiger partial charge >= 0.3 is 37.7 Å². The average molecular weight is 118 g/mol. The molecule has 0 atom stereocenters. The quantitative estimate of drug-likeness (QED) is 0.202. The molecule has 0 aromatic carbocycles. The van der Waals surface area contributed by atoms with Gasteiger partial charge in [-0.25, -0.2) is 24.3 Å². The van der Waals surface area contributed by atoms with E-state index in [9.17, 15) is 0 Å². The van der Waals surface area contributed by atoms with Crippen molar-refractivity contribution in [1.82, 2.24) is 0 Å². The van der Waals surface area contributed by atoms with E-state index in [4.69, 9.17) is 13.2 Å². The summed E-state index contributed by atoms with van der Waals surface area (Å²) in [5.41, 5.74) is 0. The van der Waals surface area contributed by atoms with Crippen LogP contribution in [-0.4, -0.2) is 0 Å². The smallest absolute Gasteiger partial charge is 0.293 e. The molecule has 0 aromatic heterocycles. The summed E-state index contributed by atoms with van der Waals surface area (Å²) in [6.07, 6.45) is 9.95. The second kappa shape index (κ2) is 16.1. The van der Waals surface area contributed by atoms with E-state index in [0.717, 1.165) is 0 Å². The third-order valence-corrected chi connectivity index (χ3v) is 0.556. The molecule has 2 heteroatoms. The second-order valence-electron chi connectivity index (χ2n) is 1.15. The molecule has 0 radical (unpaired) electrons. The summed E-state index contributed by atoms with van der Waals surface area (Å²) < 4.78 is 0. The molecule has 0 heterocycles. The molecule has 0 aliphatic carbocycles. The predicted molar refractivity (Wildman–Crippen MR) is 36.0 cm³/mol. The Hall–Kier alpha value is 0.155. The first-order valence-electron chi connectivity index (χ1n) is 2.33. The molecule has 0 amide bonds. The molecule has 0 bridgehead atoms. The molecule has 0 saturated heterocycles. The molecule has 42 valence electrons. The summed E-state index contributed by atoms with van der Waals surface area (Å²) in [5.74, 6) is 0. The molecule has 0 fully saturated rings. The van der Waals surface area contributed by atoms with Crippen LogP contribution in [0.5, 0.6) is 0 Å². The maximum Gasteiger partial charge on any atom is 1.00 e. The van der Waals surface area contributed by atoms with Gasteiger partial charge in [-0.15, -0.1) is 0 Å². The van der Waals surface area contributed by atoms with Crippen LogP contribution >= 0.6 is 0 Å². The van der Waals surface area contributed by atoms with Gasteiger partial charge in [0.1, 0.15) is 0 Å². The minimum atomic E-state index is 0. The van der Waals surface area contributed by atoms with E-state index >= 15 is 0 Å². The molecule has 0 aliphatic rings. The SMILES string of the molecule is [CH-]=CC=CC=CC=[CH-].[Li+].[Li+]. The standard InChI is InChI=1S/C8H8.2Li/c1-3-5-7-8-6-4-2;;/h1-8H;;/q-2;2*+1. The summed E-state index contributed by atoms with van der Waals surface area (Å²) in [7, 11) is 0. The first-order valence-corrected chi connectivity index (χ1v) is 2.33. The molecule has 0 aromatic rings. The third-order valence-electron chi connectivity index (χ3n) is 0.556. The molecule has 10 heavy (non-hydrogen) atoms. The molecule has 0 nitrogen and oxygen atoms in total. The van der Waals surface area contributed by atoms with Crippen molar-refractivity contribution in [1.29, 1.82) is 0 Å². The molecule has 0 N–H and O–H groups in total. The van der Waals surface area contributed by atoms with Crippen molar-refractivity contribution < 1.29 is 37.7 Å². The molecular weight excluding hydrogens is 110 g/mol. The van der Waals surface area contributed by atoms with Crippen LogP contribution in [0.25, 0.3) is 0 Å². The monoisotopic (exact) mass is 118 g/mol. The Morgan fingerprint density at radius 2 is 0.900 bits per heavy atom. The van der Waals surface area contributed by atoms with Gasteiger partial charge in [0, 0.05) is 0 Å². The van der Waals surface area contributed by atoms with E-state index in [1.54, 1.807) is 24.3 Å². The summed E-state index contributed by atoms with van der Waals surface area (Å²) in [5, 5.41) is 0. The van der Waals surface area contributed by atoms with Crippen molar-refractivity contribution in [2.75, 3.05) is 0 Å². The van der Waals surface area contributed by atoms with E-state index in [0.29, 0.717) is 0 Å². The summed E-state index contributed by atoms with van der Waals surface area (Å²) in [6.45, 7) is 10.0. The van der Waals surface area contributed by atoms with Crippen molar-refractivity contribution in [3.05, 3.63) is 49.6 Å². The number of rotatable bonds is 3. The first kappa shape index (κ1) is 16.6. The van der Waals surface area contributed by atoms with Crippen LogP contribution in [0.4, 0.5) is 0 Å². The Labute approximate surface area is 87.1 Å². The first-order chi connectivity index (χ1) is 3.91. The normalized spacial score (nSPS) is 8.40. The van der Waals surface area contributed by atoms with Crippen molar-refractivity contribution in [3.8, 4) is 0 Å². The van der Waals surface area contributed by atoms with Crippen LogP contribution < -0.4 is 37.7 Å². The minimum absolute atomic E-state index is 0. The summed E-state index contributed by atoms with van der Waals surface area (Å²) in [4.78, 5) is 0. The number of allylic oxidation sites excluding steroid dienone is 6. The van der Waals surface area contributed by atoms with Gasteiger partial charge < -0.3 is 0 Å². The van der Waals surface area contributed by atoms with Gasteiger partial charge in [0.05, 0.1) is 0 Å². The van der Waals surface area contributed by atoms with E-state index in [1.165, 1.54) is 12.2 Å². The maximum absolute atomic E-state index is 5.02. The van der Waals surface area contributed by atoms with Gasteiger partial charge in [-0.1, -0.05) is 0 Å². The summed E-state index contributed by atoms with van der Waals surface area (Å²) >= 11 is 0. The fraction of sp³-hybridized carbons (Fsp3) is 0. The van der Waals surface area contributed by atoms with Crippen molar-refractivity contribution in [2.45, 2.75) is 0 Å². The van der Waals surface area contributed by atoms with Crippen LogP contribution in [0.3, 0.4) is 0 Å². The molecule has 0 unspecified atom stereocenters. The second-order valence-corrected chi connectivity index (χ2v) is 1.15. The van der Waals surface area contributed by atoms with Gasteiger partial charge in [0.15, 0.2) is 0 Å². The zero-order valence-corrected chi connectivity index (χ0v) is 6.62. The van der Waals surface area contributed by atoms with Gasteiger partial charge in [0.25, 0.3) is 0 Å². The topological polar surface area (TPSA) is 0 Å². The van der Waals surface area contributed by atoms with Crippen molar-refractivity contribution in [3.63, 3.8) is 0 Å². The van der Waals surface area contributed by atoms with Crippen molar-refractivity contribution in [2.24, 2.45) is 0 Å². The van der Waals surface area contributed by atoms with Gasteiger partial charge in [-0.2, -0.15) is 12.2 Å². The van der Waals surface area contributed by atoms with Gasteiger partial charge in [0.2, 0.25) is 0 Å². The Kier molecular flexibility index (Phi) is 26.7. The maximum atomic E-state index is 5.02. The number of hydrogen-bond donors (Lipinski definition) is 0. The Morgan fingerprint density at radius 3 is 1.10 bits per heavy atom. The van der Waals surface area contributed by atoms with E-state index in [1.807, 2.05) is 0 Å². The molecule has 0 rings (SSSR count). The van der Waals surface area contributed by atoms with E-state index in [-0.39, 0.29) is 37.7 Å². The van der Waals surface area contributed by atoms with Gasteiger partial charge in [-0.3, -0.25) is 13.2 Å². The molecule has 0 spiro atoms. The van der Waals surface area contributed by atoms with Crippen LogP contribution in [0.1, 0.15) is 0 Å². The van der Waals surface area contributed by atoms with Crippen LogP contribution in [0, 0.1) is 13.2 Å². The third kappa shape index (κ3) is 15.7. The van der Waals surface area contributed by atoms with Crippen molar-refractivity contribution >= 4 is 0 Å². The Bertz CT molecular complexity index is 107. The van der Waals surface area contributed by atoms with Crippen LogP contribution in [-0.2, 0) is 0 Å². The van der Waals surface area contributed by atoms with Crippen LogP contribution in [0.2, 0.25) is 0 Å². The van der Waals surface area contributed by atoms with E-state index in [2.05, 4.69) is 0 Å². The molecule has 0 saturated carbocycles. The number of hydrogen-bond acceptors (Lipinski definition) is 0. The Balaban J connectivity index is -0.000000245. The zero-order chi connectivity index (χ0) is 6.24. The fourth-order valence-corrected chi connectivity index (χ4v) is 0.257. The average Bonchev–Trinajstić information content (AvgIpc) is 1.81. The van der Waals surface area contributed by atoms with E-state index < -0.39 is 0 Å². The zero-order valence-electron chi connectivity index (χ0n) is 6.62. The summed E-state index contributed by atoms with van der Waals surface area (Å²) in [6, 6.07) is 0. The molecular formula is C8H8Li2. The predicted octanol–water partition coefficient (Wildman–Crippen LogP) is -3.91. The molecule has 0 aliphatic heterocycles. The minimum Gasteiger partial charge on any atom is -0.293 e. The van der Waals surface area contributed by atoms with Crippen LogP contribution in [0.15, 0.2) is 36.5 Å². The fourth-order valence-electron chi connectivity index (χ4n) is 0.257. The Morgan fingerprint density at radius 1 is 0.600 bits per heavy atom.